The second kappa shape index (κ2) is 5.39. The zero-order valence-corrected chi connectivity index (χ0v) is 12.8. The monoisotopic (exact) mass is 309 g/mol. The van der Waals surface area contributed by atoms with E-state index in [1.165, 1.54) is 0 Å². The molecule has 4 rings (SSSR count). The van der Waals surface area contributed by atoms with Crippen LogP contribution in [0.1, 0.15) is 29.9 Å². The molecule has 1 heterocycles. The van der Waals surface area contributed by atoms with Crippen LogP contribution in [0.15, 0.2) is 48.5 Å². The first-order valence-electron chi connectivity index (χ1n) is 7.97. The van der Waals surface area contributed by atoms with Crippen LogP contribution in [0.25, 0.3) is 0 Å². The molecule has 1 aliphatic heterocycles. The number of hydrogen-bond donors (Lipinski definition) is 2. The van der Waals surface area contributed by atoms with Gasteiger partial charge < -0.3 is 15.2 Å². The van der Waals surface area contributed by atoms with Crippen molar-refractivity contribution < 1.29 is 14.6 Å². The summed E-state index contributed by atoms with van der Waals surface area (Å²) in [5, 5.41) is 12.5. The van der Waals surface area contributed by atoms with Gasteiger partial charge in [0, 0.05) is 23.1 Å². The third-order valence-electron chi connectivity index (χ3n) is 4.87. The lowest BCUT2D eigenvalue weighted by Crippen LogP contribution is -2.36. The van der Waals surface area contributed by atoms with E-state index in [-0.39, 0.29) is 23.8 Å². The summed E-state index contributed by atoms with van der Waals surface area (Å²) in [5.41, 5.74) is 1.68. The molecule has 0 aromatic heterocycles. The van der Waals surface area contributed by atoms with Gasteiger partial charge in [0.15, 0.2) is 0 Å². The van der Waals surface area contributed by atoms with Crippen LogP contribution < -0.4 is 10.1 Å². The van der Waals surface area contributed by atoms with Crippen LogP contribution in [0.4, 0.5) is 0 Å². The predicted molar refractivity (Wildman–Crippen MR) is 86.6 cm³/mol. The molecule has 1 aliphatic carbocycles. The van der Waals surface area contributed by atoms with Crippen LogP contribution in [-0.2, 0) is 4.79 Å². The highest BCUT2D eigenvalue weighted by Gasteiger charge is 2.43. The molecule has 0 saturated heterocycles. The van der Waals surface area contributed by atoms with Crippen molar-refractivity contribution >= 4 is 5.91 Å². The number of carbonyl (C=O) groups excluding carboxylic acids is 1. The van der Waals surface area contributed by atoms with Gasteiger partial charge in [-0.1, -0.05) is 36.4 Å². The number of hydrogen-bond acceptors (Lipinski definition) is 3. The van der Waals surface area contributed by atoms with Crippen molar-refractivity contribution in [2.45, 2.75) is 18.8 Å². The number of para-hydroxylation sites is 2. The number of ether oxygens (including phenoxy) is 1. The number of aliphatic hydroxyl groups is 1. The molecule has 1 fully saturated rings. The van der Waals surface area contributed by atoms with Gasteiger partial charge in [0.25, 0.3) is 0 Å². The molecule has 4 heteroatoms. The quantitative estimate of drug-likeness (QED) is 0.913. The minimum atomic E-state index is -0.370. The van der Waals surface area contributed by atoms with Crippen molar-refractivity contribution in [1.29, 1.82) is 0 Å². The largest absolute Gasteiger partial charge is 0.457 e. The van der Waals surface area contributed by atoms with E-state index in [1.54, 1.807) is 0 Å². The third-order valence-corrected chi connectivity index (χ3v) is 4.87. The minimum absolute atomic E-state index is 0.0343. The predicted octanol–water partition coefficient (Wildman–Crippen LogP) is 2.81. The number of amides is 1. The van der Waals surface area contributed by atoms with Crippen LogP contribution >= 0.6 is 0 Å². The number of fused-ring (bicyclic) bond motifs is 2. The SMILES string of the molecule is O=C(NCC1(CO)CC1)C1c2ccccc2Oc2ccccc21. The number of nitrogens with one attached hydrogen (secondary N) is 1. The van der Waals surface area contributed by atoms with Gasteiger partial charge >= 0.3 is 0 Å². The maximum Gasteiger partial charge on any atom is 0.232 e. The normalized spacial score (nSPS) is 17.6. The van der Waals surface area contributed by atoms with Gasteiger partial charge in [-0.2, -0.15) is 0 Å². The van der Waals surface area contributed by atoms with Crippen LogP contribution in [0.3, 0.4) is 0 Å². The van der Waals surface area contributed by atoms with Gasteiger partial charge in [-0.25, -0.2) is 0 Å². The number of aliphatic hydroxyl groups excluding tert-OH is 1. The van der Waals surface area contributed by atoms with Crippen LogP contribution in [0.5, 0.6) is 11.5 Å². The molecule has 4 nitrogen and oxygen atoms in total. The molecule has 0 bridgehead atoms. The first kappa shape index (κ1) is 14.3. The number of benzene rings is 2. The van der Waals surface area contributed by atoms with Crippen LogP contribution in [0.2, 0.25) is 0 Å². The van der Waals surface area contributed by atoms with Crippen molar-refractivity contribution in [2.24, 2.45) is 5.41 Å². The summed E-state index contributed by atoms with van der Waals surface area (Å²) in [6.07, 6.45) is 1.95. The molecule has 2 N–H and O–H groups in total. The van der Waals surface area contributed by atoms with Gasteiger partial charge in [0.2, 0.25) is 5.91 Å². The molecule has 0 atom stereocenters. The van der Waals surface area contributed by atoms with E-state index in [1.807, 2.05) is 48.5 Å². The fourth-order valence-electron chi connectivity index (χ4n) is 3.14. The van der Waals surface area contributed by atoms with Gasteiger partial charge in [0.1, 0.15) is 11.5 Å². The standard InChI is InChI=1S/C19H19NO3/c21-12-19(9-10-19)11-20-18(22)17-13-5-1-3-7-15(13)23-16-8-4-2-6-14(16)17/h1-8,17,21H,9-12H2,(H,20,22). The third kappa shape index (κ3) is 2.49. The van der Waals surface area contributed by atoms with E-state index < -0.39 is 0 Å². The molecular formula is C19H19NO3. The van der Waals surface area contributed by atoms with E-state index in [9.17, 15) is 9.90 Å². The molecule has 0 unspecified atom stereocenters. The number of carbonyl (C=O) groups is 1. The summed E-state index contributed by atoms with van der Waals surface area (Å²) in [6, 6.07) is 15.3. The van der Waals surface area contributed by atoms with E-state index >= 15 is 0 Å². The lowest BCUT2D eigenvalue weighted by atomic mass is 9.87. The zero-order valence-electron chi connectivity index (χ0n) is 12.8. The fourth-order valence-corrected chi connectivity index (χ4v) is 3.14. The van der Waals surface area contributed by atoms with Crippen molar-refractivity contribution in [1.82, 2.24) is 5.32 Å². The van der Waals surface area contributed by atoms with Crippen LogP contribution in [-0.4, -0.2) is 24.2 Å². The first-order valence-corrected chi connectivity index (χ1v) is 7.97. The van der Waals surface area contributed by atoms with Crippen molar-refractivity contribution in [3.63, 3.8) is 0 Å². The Hall–Kier alpha value is -2.33. The summed E-state index contributed by atoms with van der Waals surface area (Å²) in [5.74, 6) is 1.06. The van der Waals surface area contributed by atoms with Gasteiger partial charge in [-0.05, 0) is 25.0 Å². The average Bonchev–Trinajstić information content (AvgIpc) is 3.38. The Morgan fingerprint density at radius 2 is 1.65 bits per heavy atom. The molecule has 0 radical (unpaired) electrons. The Kier molecular flexibility index (Phi) is 3.34. The fraction of sp³-hybridized carbons (Fsp3) is 0.316. The Labute approximate surface area is 135 Å². The molecule has 0 spiro atoms. The lowest BCUT2D eigenvalue weighted by molar-refractivity contribution is -0.122. The summed E-state index contributed by atoms with van der Waals surface area (Å²) < 4.78 is 5.92. The Morgan fingerprint density at radius 1 is 1.09 bits per heavy atom. The summed E-state index contributed by atoms with van der Waals surface area (Å²) in [6.45, 7) is 0.665. The molecule has 1 saturated carbocycles. The van der Waals surface area contributed by atoms with E-state index in [2.05, 4.69) is 5.32 Å². The Morgan fingerprint density at radius 3 is 2.17 bits per heavy atom. The number of rotatable bonds is 4. The molecule has 2 aromatic rings. The first-order chi connectivity index (χ1) is 11.2. The molecule has 118 valence electrons. The molecular weight excluding hydrogens is 290 g/mol. The Balaban J connectivity index is 1.65. The maximum atomic E-state index is 12.9. The molecule has 2 aromatic carbocycles. The summed E-state index contributed by atoms with van der Waals surface area (Å²) in [4.78, 5) is 12.9. The zero-order chi connectivity index (χ0) is 15.9. The van der Waals surface area contributed by atoms with Crippen LogP contribution in [0, 0.1) is 5.41 Å². The summed E-state index contributed by atoms with van der Waals surface area (Å²) in [7, 11) is 0. The summed E-state index contributed by atoms with van der Waals surface area (Å²) >= 11 is 0. The van der Waals surface area contributed by atoms with E-state index in [4.69, 9.17) is 4.74 Å². The smallest absolute Gasteiger partial charge is 0.232 e. The lowest BCUT2D eigenvalue weighted by Gasteiger charge is -2.28. The Bertz CT molecular complexity index is 706. The van der Waals surface area contributed by atoms with Crippen molar-refractivity contribution in [3.8, 4) is 11.5 Å². The topological polar surface area (TPSA) is 58.6 Å². The second-order valence-electron chi connectivity index (χ2n) is 6.49. The highest BCUT2D eigenvalue weighted by molar-refractivity contribution is 5.89. The average molecular weight is 309 g/mol. The van der Waals surface area contributed by atoms with Crippen molar-refractivity contribution in [2.75, 3.05) is 13.2 Å². The van der Waals surface area contributed by atoms with Gasteiger partial charge in [0.05, 0.1) is 12.5 Å². The second-order valence-corrected chi connectivity index (χ2v) is 6.49. The molecule has 23 heavy (non-hydrogen) atoms. The van der Waals surface area contributed by atoms with Gasteiger partial charge in [-0.3, -0.25) is 4.79 Å². The highest BCUT2D eigenvalue weighted by Crippen LogP contribution is 2.46. The highest BCUT2D eigenvalue weighted by atomic mass is 16.5. The van der Waals surface area contributed by atoms with E-state index in [0.717, 1.165) is 35.5 Å². The van der Waals surface area contributed by atoms with Crippen molar-refractivity contribution in [3.05, 3.63) is 59.7 Å². The maximum absolute atomic E-state index is 12.9. The van der Waals surface area contributed by atoms with Gasteiger partial charge in [-0.15, -0.1) is 0 Å². The molecule has 2 aliphatic rings. The molecule has 1 amide bonds. The minimum Gasteiger partial charge on any atom is -0.457 e. The van der Waals surface area contributed by atoms with E-state index in [0.29, 0.717) is 6.54 Å².